The van der Waals surface area contributed by atoms with E-state index in [0.29, 0.717) is 11.8 Å². The van der Waals surface area contributed by atoms with E-state index in [-0.39, 0.29) is 26.3 Å². The van der Waals surface area contributed by atoms with Crippen LogP contribution < -0.4 is 4.74 Å². The van der Waals surface area contributed by atoms with E-state index in [1.165, 1.54) is 4.90 Å². The smallest absolute Gasteiger partial charge is 0.257 e. The predicted octanol–water partition coefficient (Wildman–Crippen LogP) is 3.47. The van der Waals surface area contributed by atoms with Crippen molar-refractivity contribution in [3.05, 3.63) is 64.7 Å². The highest BCUT2D eigenvalue weighted by Gasteiger charge is 2.30. The van der Waals surface area contributed by atoms with Crippen LogP contribution in [0.1, 0.15) is 15.9 Å². The molecule has 0 saturated carbocycles. The Bertz CT molecular complexity index is 842. The molecule has 0 aromatic heterocycles. The maximum Gasteiger partial charge on any atom is 0.257 e. The van der Waals surface area contributed by atoms with E-state index in [4.69, 9.17) is 9.47 Å². The van der Waals surface area contributed by atoms with Gasteiger partial charge in [0.2, 0.25) is 0 Å². The van der Waals surface area contributed by atoms with Crippen molar-refractivity contribution in [3.63, 3.8) is 0 Å². The molecule has 0 bridgehead atoms. The molecule has 1 amide bonds. The van der Waals surface area contributed by atoms with E-state index in [0.717, 1.165) is 5.56 Å². The van der Waals surface area contributed by atoms with Crippen molar-refractivity contribution < 1.29 is 31.8 Å². The third kappa shape index (κ3) is 4.21. The second-order valence-electron chi connectivity index (χ2n) is 6.22. The summed E-state index contributed by atoms with van der Waals surface area (Å²) in [6.07, 6.45) is -0.498. The van der Waals surface area contributed by atoms with Gasteiger partial charge in [0, 0.05) is 6.54 Å². The van der Waals surface area contributed by atoms with Crippen LogP contribution in [-0.4, -0.2) is 43.2 Å². The van der Waals surface area contributed by atoms with Gasteiger partial charge in [-0.1, -0.05) is 17.7 Å². The molecular weight excluding hydrogens is 366 g/mol. The molecule has 2 aromatic rings. The van der Waals surface area contributed by atoms with E-state index in [1.807, 2.05) is 19.1 Å². The minimum atomic E-state index is -2.01. The van der Waals surface area contributed by atoms with Gasteiger partial charge < -0.3 is 14.4 Å². The number of morpholine rings is 1. The van der Waals surface area contributed by atoms with Gasteiger partial charge in [0.1, 0.15) is 18.5 Å². The van der Waals surface area contributed by atoms with Crippen molar-refractivity contribution in [2.75, 3.05) is 26.3 Å². The first-order valence-electron chi connectivity index (χ1n) is 8.30. The van der Waals surface area contributed by atoms with Crippen LogP contribution in [0.25, 0.3) is 0 Å². The fraction of sp³-hybridized carbons (Fsp3) is 0.316. The van der Waals surface area contributed by atoms with Gasteiger partial charge >= 0.3 is 0 Å². The SMILES string of the molecule is Cc1ccc(OCC2CN(C(=O)c3cc(F)c(F)c(F)c3F)CCO2)cc1. The molecule has 0 N–H and O–H groups in total. The predicted molar refractivity (Wildman–Crippen MR) is 88.6 cm³/mol. The van der Waals surface area contributed by atoms with Gasteiger partial charge in [0.25, 0.3) is 5.91 Å². The Morgan fingerprint density at radius 1 is 1.15 bits per heavy atom. The molecule has 8 heteroatoms. The number of benzene rings is 2. The molecule has 4 nitrogen and oxygen atoms in total. The third-order valence-electron chi connectivity index (χ3n) is 4.22. The van der Waals surface area contributed by atoms with Crippen LogP contribution in [0.3, 0.4) is 0 Å². The molecule has 0 aliphatic carbocycles. The molecule has 0 radical (unpaired) electrons. The zero-order valence-electron chi connectivity index (χ0n) is 14.5. The van der Waals surface area contributed by atoms with Crippen molar-refractivity contribution in [1.82, 2.24) is 4.90 Å². The van der Waals surface area contributed by atoms with Gasteiger partial charge in [0.15, 0.2) is 23.3 Å². The van der Waals surface area contributed by atoms with Crippen LogP contribution >= 0.6 is 0 Å². The molecule has 0 spiro atoms. The highest BCUT2D eigenvalue weighted by molar-refractivity contribution is 5.94. The minimum Gasteiger partial charge on any atom is -0.491 e. The molecule has 144 valence electrons. The summed E-state index contributed by atoms with van der Waals surface area (Å²) in [4.78, 5) is 13.6. The topological polar surface area (TPSA) is 38.8 Å². The number of halogens is 4. The lowest BCUT2D eigenvalue weighted by Crippen LogP contribution is -2.47. The zero-order valence-corrected chi connectivity index (χ0v) is 14.5. The fourth-order valence-corrected chi connectivity index (χ4v) is 2.73. The van der Waals surface area contributed by atoms with Crippen LogP contribution in [0.15, 0.2) is 30.3 Å². The molecule has 27 heavy (non-hydrogen) atoms. The van der Waals surface area contributed by atoms with Gasteiger partial charge in [-0.15, -0.1) is 0 Å². The molecule has 3 rings (SSSR count). The first-order chi connectivity index (χ1) is 12.9. The highest BCUT2D eigenvalue weighted by atomic mass is 19.2. The Kier molecular flexibility index (Phi) is 5.65. The Hall–Kier alpha value is -2.61. The summed E-state index contributed by atoms with van der Waals surface area (Å²) in [5.41, 5.74) is 0.223. The Morgan fingerprint density at radius 3 is 2.56 bits per heavy atom. The molecule has 1 atom stereocenters. The summed E-state index contributed by atoms with van der Waals surface area (Å²) in [5.74, 6) is -7.60. The second-order valence-corrected chi connectivity index (χ2v) is 6.22. The number of hydrogen-bond donors (Lipinski definition) is 0. The number of amides is 1. The van der Waals surface area contributed by atoms with Gasteiger partial charge in [-0.2, -0.15) is 0 Å². The second kappa shape index (κ2) is 7.96. The number of carbonyl (C=O) groups is 1. The number of ether oxygens (including phenoxy) is 2. The first kappa shape index (κ1) is 19.2. The van der Waals surface area contributed by atoms with E-state index in [9.17, 15) is 22.4 Å². The van der Waals surface area contributed by atoms with E-state index >= 15 is 0 Å². The first-order valence-corrected chi connectivity index (χ1v) is 8.30. The third-order valence-corrected chi connectivity index (χ3v) is 4.22. The molecular formula is C19H17F4NO3. The van der Waals surface area contributed by atoms with Gasteiger partial charge in [-0.25, -0.2) is 17.6 Å². The zero-order chi connectivity index (χ0) is 19.6. The highest BCUT2D eigenvalue weighted by Crippen LogP contribution is 2.21. The van der Waals surface area contributed by atoms with Crippen molar-refractivity contribution in [2.24, 2.45) is 0 Å². The quantitative estimate of drug-likeness (QED) is 0.461. The largest absolute Gasteiger partial charge is 0.491 e. The minimum absolute atomic E-state index is 0.0464. The lowest BCUT2D eigenvalue weighted by molar-refractivity contribution is -0.0402. The summed E-state index contributed by atoms with van der Waals surface area (Å²) in [6.45, 7) is 2.39. The van der Waals surface area contributed by atoms with Crippen molar-refractivity contribution in [1.29, 1.82) is 0 Å². The number of carbonyl (C=O) groups excluding carboxylic acids is 1. The number of hydrogen-bond acceptors (Lipinski definition) is 3. The van der Waals surface area contributed by atoms with E-state index in [1.54, 1.807) is 12.1 Å². The number of aryl methyl sites for hydroxylation is 1. The molecule has 1 aliphatic heterocycles. The number of nitrogens with zero attached hydrogens (tertiary/aromatic N) is 1. The van der Waals surface area contributed by atoms with Gasteiger partial charge in [-0.05, 0) is 25.1 Å². The lowest BCUT2D eigenvalue weighted by Gasteiger charge is -2.33. The maximum atomic E-state index is 13.9. The molecule has 2 aromatic carbocycles. The summed E-state index contributed by atoms with van der Waals surface area (Å²) >= 11 is 0. The average Bonchev–Trinajstić information content (AvgIpc) is 2.68. The van der Waals surface area contributed by atoms with Gasteiger partial charge in [-0.3, -0.25) is 4.79 Å². The van der Waals surface area contributed by atoms with Crippen molar-refractivity contribution >= 4 is 5.91 Å². The summed E-state index contributed by atoms with van der Waals surface area (Å²) in [5, 5.41) is 0. The summed E-state index contributed by atoms with van der Waals surface area (Å²) in [7, 11) is 0. The van der Waals surface area contributed by atoms with E-state index < -0.39 is 40.8 Å². The van der Waals surface area contributed by atoms with Crippen LogP contribution in [0.4, 0.5) is 17.6 Å². The molecule has 1 unspecified atom stereocenters. The number of rotatable bonds is 4. The summed E-state index contributed by atoms with van der Waals surface area (Å²) in [6, 6.07) is 7.71. The fourth-order valence-electron chi connectivity index (χ4n) is 2.73. The molecule has 1 heterocycles. The van der Waals surface area contributed by atoms with Crippen LogP contribution in [0.2, 0.25) is 0 Å². The average molecular weight is 383 g/mol. The normalized spacial score (nSPS) is 17.1. The summed E-state index contributed by atoms with van der Waals surface area (Å²) < 4.78 is 64.8. The van der Waals surface area contributed by atoms with Crippen molar-refractivity contribution in [3.8, 4) is 5.75 Å². The van der Waals surface area contributed by atoms with Crippen LogP contribution in [0, 0.1) is 30.2 Å². The Balaban J connectivity index is 1.67. The van der Waals surface area contributed by atoms with Crippen LogP contribution in [0.5, 0.6) is 5.75 Å². The molecule has 1 saturated heterocycles. The Morgan fingerprint density at radius 2 is 1.85 bits per heavy atom. The van der Waals surface area contributed by atoms with Gasteiger partial charge in [0.05, 0.1) is 18.7 Å². The monoisotopic (exact) mass is 383 g/mol. The Labute approximate surface area is 153 Å². The standard InChI is InChI=1S/C19H17F4NO3/c1-11-2-4-12(5-3-11)27-10-13-9-24(6-7-26-13)19(25)14-8-15(20)17(22)18(23)16(14)21/h2-5,8,13H,6-7,9-10H2,1H3. The lowest BCUT2D eigenvalue weighted by atomic mass is 10.1. The van der Waals surface area contributed by atoms with E-state index in [2.05, 4.69) is 0 Å². The maximum absolute atomic E-state index is 13.9. The molecule has 1 fully saturated rings. The van der Waals surface area contributed by atoms with Crippen LogP contribution in [-0.2, 0) is 4.74 Å². The van der Waals surface area contributed by atoms with Crippen molar-refractivity contribution in [2.45, 2.75) is 13.0 Å². The molecule has 1 aliphatic rings.